The Balaban J connectivity index is 3.43. The van der Waals surface area contributed by atoms with Crippen LogP contribution in [-0.2, 0) is 28.1 Å². The van der Waals surface area contributed by atoms with E-state index in [0.717, 1.165) is 0 Å². The Morgan fingerprint density at radius 1 is 0.947 bits per heavy atom. The Morgan fingerprint density at radius 2 is 1.37 bits per heavy atom. The van der Waals surface area contributed by atoms with Gasteiger partial charge in [0.1, 0.15) is 0 Å². The van der Waals surface area contributed by atoms with Crippen LogP contribution in [-0.4, -0.2) is 14.2 Å². The van der Waals surface area contributed by atoms with Crippen molar-refractivity contribution in [1.82, 2.24) is 0 Å². The molecular weight excluding hydrogens is 236 g/mol. The van der Waals surface area contributed by atoms with E-state index in [1.165, 1.54) is 22.3 Å². The largest absolute Gasteiger partial charge is 0.380 e. The van der Waals surface area contributed by atoms with E-state index in [4.69, 9.17) is 9.47 Å². The third kappa shape index (κ3) is 4.05. The zero-order valence-corrected chi connectivity index (χ0v) is 13.5. The van der Waals surface area contributed by atoms with E-state index >= 15 is 0 Å². The van der Waals surface area contributed by atoms with Crippen molar-refractivity contribution in [2.45, 2.75) is 59.2 Å². The summed E-state index contributed by atoms with van der Waals surface area (Å²) in [6.07, 6.45) is 0. The van der Waals surface area contributed by atoms with Gasteiger partial charge in [0.05, 0.1) is 13.2 Å². The molecule has 2 nitrogen and oxygen atoms in total. The number of benzene rings is 1. The molecule has 0 saturated heterocycles. The van der Waals surface area contributed by atoms with Crippen LogP contribution in [0.3, 0.4) is 0 Å². The van der Waals surface area contributed by atoms with Crippen molar-refractivity contribution in [1.29, 1.82) is 0 Å². The maximum atomic E-state index is 5.38. The number of ether oxygens (including phenoxy) is 2. The van der Waals surface area contributed by atoms with Gasteiger partial charge in [-0.3, -0.25) is 0 Å². The first-order chi connectivity index (χ1) is 8.81. The molecule has 1 aromatic rings. The van der Waals surface area contributed by atoms with Crippen LogP contribution < -0.4 is 0 Å². The molecule has 1 aromatic carbocycles. The molecule has 0 atom stereocenters. The summed E-state index contributed by atoms with van der Waals surface area (Å²) in [5.74, 6) is 0.476. The lowest BCUT2D eigenvalue weighted by molar-refractivity contribution is 0.177. The van der Waals surface area contributed by atoms with Gasteiger partial charge in [-0.1, -0.05) is 46.8 Å². The first-order valence-electron chi connectivity index (χ1n) is 6.95. The van der Waals surface area contributed by atoms with Crippen molar-refractivity contribution in [2.24, 2.45) is 0 Å². The van der Waals surface area contributed by atoms with Crippen molar-refractivity contribution in [3.8, 4) is 0 Å². The van der Waals surface area contributed by atoms with E-state index < -0.39 is 0 Å². The molecule has 0 amide bonds. The van der Waals surface area contributed by atoms with Gasteiger partial charge < -0.3 is 9.47 Å². The maximum Gasteiger partial charge on any atom is 0.0716 e. The molecule has 0 aliphatic carbocycles. The van der Waals surface area contributed by atoms with Crippen LogP contribution in [0.1, 0.15) is 62.8 Å². The van der Waals surface area contributed by atoms with E-state index in [-0.39, 0.29) is 5.41 Å². The van der Waals surface area contributed by atoms with Gasteiger partial charge in [-0.2, -0.15) is 0 Å². The Bertz CT molecular complexity index is 387. The Kier molecular flexibility index (Phi) is 5.57. The van der Waals surface area contributed by atoms with Gasteiger partial charge in [-0.05, 0) is 33.6 Å². The van der Waals surface area contributed by atoms with Gasteiger partial charge in [0, 0.05) is 14.2 Å². The number of methoxy groups -OCH3 is 2. The second kappa shape index (κ2) is 6.53. The molecule has 0 heterocycles. The van der Waals surface area contributed by atoms with E-state index in [9.17, 15) is 0 Å². The first kappa shape index (κ1) is 16.2. The summed E-state index contributed by atoms with van der Waals surface area (Å²) in [5, 5.41) is 0. The van der Waals surface area contributed by atoms with Gasteiger partial charge in [-0.25, -0.2) is 0 Å². The fraction of sp³-hybridized carbons (Fsp3) is 0.647. The fourth-order valence-corrected chi connectivity index (χ4v) is 2.50. The van der Waals surface area contributed by atoms with Crippen molar-refractivity contribution in [2.75, 3.05) is 14.2 Å². The molecule has 0 fully saturated rings. The highest BCUT2D eigenvalue weighted by molar-refractivity contribution is 5.43. The standard InChI is InChI=1S/C17H28O2/c1-12(2)16-13(10-18-6)8-15(17(3,4)5)9-14(16)11-19-7/h8-9,12H,10-11H2,1-7H3. The zero-order valence-electron chi connectivity index (χ0n) is 13.5. The monoisotopic (exact) mass is 264 g/mol. The summed E-state index contributed by atoms with van der Waals surface area (Å²) in [5.41, 5.74) is 5.43. The molecular formula is C17H28O2. The van der Waals surface area contributed by atoms with E-state index in [1.807, 2.05) is 0 Å². The maximum absolute atomic E-state index is 5.38. The third-order valence-corrected chi connectivity index (χ3v) is 3.39. The smallest absolute Gasteiger partial charge is 0.0716 e. The summed E-state index contributed by atoms with van der Waals surface area (Å²) < 4.78 is 10.8. The Morgan fingerprint density at radius 3 is 1.63 bits per heavy atom. The molecule has 0 unspecified atom stereocenters. The molecule has 0 radical (unpaired) electrons. The average Bonchev–Trinajstić information content (AvgIpc) is 2.27. The van der Waals surface area contributed by atoms with Gasteiger partial charge in [0.15, 0.2) is 0 Å². The predicted molar refractivity (Wildman–Crippen MR) is 80.7 cm³/mol. The van der Waals surface area contributed by atoms with Crippen LogP contribution in [0.2, 0.25) is 0 Å². The Labute approximate surface area is 118 Å². The molecule has 0 saturated carbocycles. The quantitative estimate of drug-likeness (QED) is 0.784. The minimum Gasteiger partial charge on any atom is -0.380 e. The lowest BCUT2D eigenvalue weighted by atomic mass is 9.81. The molecule has 108 valence electrons. The number of rotatable bonds is 5. The van der Waals surface area contributed by atoms with Crippen molar-refractivity contribution >= 4 is 0 Å². The molecule has 19 heavy (non-hydrogen) atoms. The van der Waals surface area contributed by atoms with Crippen molar-refractivity contribution < 1.29 is 9.47 Å². The molecule has 0 spiro atoms. The van der Waals surface area contributed by atoms with Gasteiger partial charge in [0.25, 0.3) is 0 Å². The zero-order chi connectivity index (χ0) is 14.6. The summed E-state index contributed by atoms with van der Waals surface area (Å²) in [6.45, 7) is 12.5. The number of hydrogen-bond acceptors (Lipinski definition) is 2. The molecule has 0 aliphatic heterocycles. The molecule has 0 aliphatic rings. The summed E-state index contributed by atoms with van der Waals surface area (Å²) >= 11 is 0. The van der Waals surface area contributed by atoms with Gasteiger partial charge >= 0.3 is 0 Å². The molecule has 2 heteroatoms. The summed E-state index contributed by atoms with van der Waals surface area (Å²) in [6, 6.07) is 4.58. The summed E-state index contributed by atoms with van der Waals surface area (Å²) in [4.78, 5) is 0. The van der Waals surface area contributed by atoms with Crippen LogP contribution in [0.15, 0.2) is 12.1 Å². The molecule has 0 aromatic heterocycles. The van der Waals surface area contributed by atoms with Crippen LogP contribution in [0, 0.1) is 0 Å². The highest BCUT2D eigenvalue weighted by Gasteiger charge is 2.20. The second-order valence-corrected chi connectivity index (χ2v) is 6.48. The molecule has 1 rings (SSSR count). The summed E-state index contributed by atoms with van der Waals surface area (Å²) in [7, 11) is 3.51. The third-order valence-electron chi connectivity index (χ3n) is 3.39. The predicted octanol–water partition coefficient (Wildman–Crippen LogP) is 4.40. The van der Waals surface area contributed by atoms with E-state index in [0.29, 0.717) is 19.1 Å². The van der Waals surface area contributed by atoms with Gasteiger partial charge in [-0.15, -0.1) is 0 Å². The molecule has 0 bridgehead atoms. The highest BCUT2D eigenvalue weighted by atomic mass is 16.5. The second-order valence-electron chi connectivity index (χ2n) is 6.48. The van der Waals surface area contributed by atoms with Crippen molar-refractivity contribution in [3.05, 3.63) is 34.4 Å². The van der Waals surface area contributed by atoms with Gasteiger partial charge in [0.2, 0.25) is 0 Å². The fourth-order valence-electron chi connectivity index (χ4n) is 2.50. The van der Waals surface area contributed by atoms with E-state index in [2.05, 4.69) is 46.8 Å². The highest BCUT2D eigenvalue weighted by Crippen LogP contribution is 2.32. The number of hydrogen-bond donors (Lipinski definition) is 0. The van der Waals surface area contributed by atoms with E-state index in [1.54, 1.807) is 14.2 Å². The van der Waals surface area contributed by atoms with Crippen molar-refractivity contribution in [3.63, 3.8) is 0 Å². The first-order valence-corrected chi connectivity index (χ1v) is 6.95. The Hall–Kier alpha value is -0.860. The lowest BCUT2D eigenvalue weighted by Gasteiger charge is -2.25. The van der Waals surface area contributed by atoms with Crippen LogP contribution >= 0.6 is 0 Å². The van der Waals surface area contributed by atoms with Crippen LogP contribution in [0.4, 0.5) is 0 Å². The molecule has 0 N–H and O–H groups in total. The normalized spacial score (nSPS) is 12.2. The minimum atomic E-state index is 0.139. The van der Waals surface area contributed by atoms with Crippen LogP contribution in [0.25, 0.3) is 0 Å². The SMILES string of the molecule is COCc1cc(C(C)(C)C)cc(COC)c1C(C)C. The average molecular weight is 264 g/mol. The lowest BCUT2D eigenvalue weighted by Crippen LogP contribution is -2.15. The van der Waals surface area contributed by atoms with Crippen LogP contribution in [0.5, 0.6) is 0 Å². The topological polar surface area (TPSA) is 18.5 Å². The minimum absolute atomic E-state index is 0.139.